The first-order chi connectivity index (χ1) is 8.99. The standard InChI is InChI=1S/C13H15N3O3/c1-3-11(6-7-14)15-13(17)10-4-5-12(16(18)19)9(2)8-10/h4-5,8,11H,3,6H2,1-2H3,(H,15,17). The van der Waals surface area contributed by atoms with E-state index in [1.165, 1.54) is 18.2 Å². The summed E-state index contributed by atoms with van der Waals surface area (Å²) in [5.74, 6) is -0.319. The van der Waals surface area contributed by atoms with E-state index in [1.54, 1.807) is 6.92 Å². The fourth-order valence-corrected chi connectivity index (χ4v) is 1.68. The van der Waals surface area contributed by atoms with Crippen molar-refractivity contribution in [2.75, 3.05) is 0 Å². The monoisotopic (exact) mass is 261 g/mol. The van der Waals surface area contributed by atoms with Gasteiger partial charge in [-0.25, -0.2) is 0 Å². The highest BCUT2D eigenvalue weighted by molar-refractivity contribution is 5.94. The Morgan fingerprint density at radius 2 is 2.26 bits per heavy atom. The van der Waals surface area contributed by atoms with Crippen LogP contribution in [-0.2, 0) is 0 Å². The number of nitrogens with zero attached hydrogens (tertiary/aromatic N) is 2. The number of nitro groups is 1. The predicted octanol–water partition coefficient (Wildman–Crippen LogP) is 2.33. The van der Waals surface area contributed by atoms with Crippen LogP contribution in [0.25, 0.3) is 0 Å². The summed E-state index contributed by atoms with van der Waals surface area (Å²) in [6.07, 6.45) is 0.902. The van der Waals surface area contributed by atoms with Gasteiger partial charge in [0.2, 0.25) is 0 Å². The number of rotatable bonds is 5. The van der Waals surface area contributed by atoms with Crippen molar-refractivity contribution in [3.8, 4) is 6.07 Å². The van der Waals surface area contributed by atoms with Crippen molar-refractivity contribution in [2.45, 2.75) is 32.7 Å². The number of nitriles is 1. The first-order valence-electron chi connectivity index (χ1n) is 5.92. The molecule has 1 aromatic carbocycles. The lowest BCUT2D eigenvalue weighted by Crippen LogP contribution is -2.34. The molecule has 0 aliphatic carbocycles. The highest BCUT2D eigenvalue weighted by Gasteiger charge is 2.15. The average molecular weight is 261 g/mol. The first-order valence-corrected chi connectivity index (χ1v) is 5.92. The Bertz CT molecular complexity index is 534. The summed E-state index contributed by atoms with van der Waals surface area (Å²) in [4.78, 5) is 22.1. The number of aryl methyl sites for hydroxylation is 1. The third-order valence-electron chi connectivity index (χ3n) is 2.82. The van der Waals surface area contributed by atoms with E-state index in [0.29, 0.717) is 17.5 Å². The second-order valence-electron chi connectivity index (χ2n) is 4.20. The minimum atomic E-state index is -0.485. The number of hydrogen-bond donors (Lipinski definition) is 1. The SMILES string of the molecule is CCC(CC#N)NC(=O)c1ccc([N+](=O)[O-])c(C)c1. The lowest BCUT2D eigenvalue weighted by molar-refractivity contribution is -0.385. The summed E-state index contributed by atoms with van der Waals surface area (Å²) >= 11 is 0. The van der Waals surface area contributed by atoms with Crippen LogP contribution in [0.1, 0.15) is 35.7 Å². The summed E-state index contributed by atoms with van der Waals surface area (Å²) < 4.78 is 0. The van der Waals surface area contributed by atoms with Gasteiger partial charge in [0.25, 0.3) is 11.6 Å². The van der Waals surface area contributed by atoms with Crippen molar-refractivity contribution in [2.24, 2.45) is 0 Å². The molecule has 0 spiro atoms. The molecule has 0 saturated heterocycles. The third kappa shape index (κ3) is 3.78. The van der Waals surface area contributed by atoms with Crippen LogP contribution in [0.15, 0.2) is 18.2 Å². The van der Waals surface area contributed by atoms with Crippen molar-refractivity contribution >= 4 is 11.6 Å². The lowest BCUT2D eigenvalue weighted by atomic mass is 10.1. The van der Waals surface area contributed by atoms with Crippen LogP contribution in [0, 0.1) is 28.4 Å². The Kier molecular flexibility index (Phi) is 5.01. The van der Waals surface area contributed by atoms with Crippen LogP contribution in [0.2, 0.25) is 0 Å². The first kappa shape index (κ1) is 14.6. The molecular weight excluding hydrogens is 246 g/mol. The molecule has 0 fully saturated rings. The molecule has 1 N–H and O–H groups in total. The van der Waals surface area contributed by atoms with Crippen LogP contribution in [0.3, 0.4) is 0 Å². The number of benzene rings is 1. The van der Waals surface area contributed by atoms with Crippen molar-refractivity contribution in [1.29, 1.82) is 5.26 Å². The van der Waals surface area contributed by atoms with Gasteiger partial charge < -0.3 is 5.32 Å². The van der Waals surface area contributed by atoms with E-state index in [0.717, 1.165) is 0 Å². The molecule has 0 aliphatic rings. The van der Waals surface area contributed by atoms with E-state index in [9.17, 15) is 14.9 Å². The number of carbonyl (C=O) groups is 1. The van der Waals surface area contributed by atoms with Gasteiger partial charge >= 0.3 is 0 Å². The van der Waals surface area contributed by atoms with Crippen LogP contribution in [0.4, 0.5) is 5.69 Å². The van der Waals surface area contributed by atoms with Crippen LogP contribution in [-0.4, -0.2) is 16.9 Å². The Labute approximate surface area is 111 Å². The molecule has 1 aromatic rings. The molecule has 1 unspecified atom stereocenters. The summed E-state index contributed by atoms with van der Waals surface area (Å²) in [5.41, 5.74) is 0.783. The Balaban J connectivity index is 2.86. The zero-order valence-electron chi connectivity index (χ0n) is 10.8. The Morgan fingerprint density at radius 1 is 1.58 bits per heavy atom. The fourth-order valence-electron chi connectivity index (χ4n) is 1.68. The molecule has 19 heavy (non-hydrogen) atoms. The van der Waals surface area contributed by atoms with Gasteiger partial charge in [0.1, 0.15) is 0 Å². The zero-order chi connectivity index (χ0) is 14.4. The summed E-state index contributed by atoms with van der Waals surface area (Å²) in [6, 6.07) is 6.02. The van der Waals surface area contributed by atoms with E-state index in [4.69, 9.17) is 5.26 Å². The summed E-state index contributed by atoms with van der Waals surface area (Å²) in [7, 11) is 0. The van der Waals surface area contributed by atoms with Gasteiger partial charge in [-0.3, -0.25) is 14.9 Å². The quantitative estimate of drug-likeness (QED) is 0.649. The number of hydrogen-bond acceptors (Lipinski definition) is 4. The molecule has 1 atom stereocenters. The van der Waals surface area contributed by atoms with Crippen molar-refractivity contribution in [3.05, 3.63) is 39.4 Å². The maximum Gasteiger partial charge on any atom is 0.272 e. The van der Waals surface area contributed by atoms with Crippen LogP contribution < -0.4 is 5.32 Å². The molecular formula is C13H15N3O3. The molecule has 6 heteroatoms. The van der Waals surface area contributed by atoms with Crippen molar-refractivity contribution in [1.82, 2.24) is 5.32 Å². The fraction of sp³-hybridized carbons (Fsp3) is 0.385. The van der Waals surface area contributed by atoms with Gasteiger partial charge in [-0.15, -0.1) is 0 Å². The molecule has 0 heterocycles. The Morgan fingerprint density at radius 3 is 2.74 bits per heavy atom. The predicted molar refractivity (Wildman–Crippen MR) is 69.6 cm³/mol. The summed E-state index contributed by atoms with van der Waals surface area (Å²) in [6.45, 7) is 3.46. The molecule has 0 bridgehead atoms. The van der Waals surface area contributed by atoms with Crippen molar-refractivity contribution in [3.63, 3.8) is 0 Å². The maximum atomic E-state index is 11.9. The van der Waals surface area contributed by atoms with Gasteiger partial charge in [0.15, 0.2) is 0 Å². The van der Waals surface area contributed by atoms with Gasteiger partial charge in [0.05, 0.1) is 17.4 Å². The molecule has 1 amide bonds. The van der Waals surface area contributed by atoms with Gasteiger partial charge in [-0.2, -0.15) is 5.26 Å². The third-order valence-corrected chi connectivity index (χ3v) is 2.82. The van der Waals surface area contributed by atoms with E-state index < -0.39 is 4.92 Å². The average Bonchev–Trinajstić information content (AvgIpc) is 2.37. The zero-order valence-corrected chi connectivity index (χ0v) is 10.8. The summed E-state index contributed by atoms with van der Waals surface area (Å²) in [5, 5.41) is 22.0. The topological polar surface area (TPSA) is 96.0 Å². The second-order valence-corrected chi connectivity index (χ2v) is 4.20. The van der Waals surface area contributed by atoms with E-state index in [2.05, 4.69) is 5.32 Å². The van der Waals surface area contributed by atoms with Gasteiger partial charge in [-0.1, -0.05) is 6.92 Å². The minimum Gasteiger partial charge on any atom is -0.348 e. The smallest absolute Gasteiger partial charge is 0.272 e. The van der Waals surface area contributed by atoms with Gasteiger partial charge in [0, 0.05) is 23.2 Å². The number of nitrogens with one attached hydrogen (secondary N) is 1. The Hall–Kier alpha value is -2.42. The molecule has 0 aromatic heterocycles. The molecule has 6 nitrogen and oxygen atoms in total. The van der Waals surface area contributed by atoms with Crippen LogP contribution >= 0.6 is 0 Å². The van der Waals surface area contributed by atoms with E-state index in [-0.39, 0.29) is 24.1 Å². The molecule has 0 saturated carbocycles. The molecule has 0 aliphatic heterocycles. The normalized spacial score (nSPS) is 11.4. The number of nitro benzene ring substituents is 1. The van der Waals surface area contributed by atoms with E-state index >= 15 is 0 Å². The minimum absolute atomic E-state index is 0.0133. The second kappa shape index (κ2) is 6.50. The highest BCUT2D eigenvalue weighted by atomic mass is 16.6. The largest absolute Gasteiger partial charge is 0.348 e. The maximum absolute atomic E-state index is 11.9. The van der Waals surface area contributed by atoms with Crippen molar-refractivity contribution < 1.29 is 9.72 Å². The molecule has 1 rings (SSSR count). The number of carbonyl (C=O) groups excluding carboxylic acids is 1. The number of amides is 1. The van der Waals surface area contributed by atoms with Crippen LogP contribution in [0.5, 0.6) is 0 Å². The van der Waals surface area contributed by atoms with Gasteiger partial charge in [-0.05, 0) is 25.5 Å². The highest BCUT2D eigenvalue weighted by Crippen LogP contribution is 2.18. The van der Waals surface area contributed by atoms with E-state index in [1.807, 2.05) is 13.0 Å². The lowest BCUT2D eigenvalue weighted by Gasteiger charge is -2.13. The molecule has 100 valence electrons. The molecule has 0 radical (unpaired) electrons.